The smallest absolute Gasteiger partial charge is 0.353 e. The van der Waals surface area contributed by atoms with Gasteiger partial charge in [0.25, 0.3) is 5.91 Å². The molecule has 0 saturated carbocycles. The van der Waals surface area contributed by atoms with Gasteiger partial charge in [-0.15, -0.1) is 0 Å². The Hall–Kier alpha value is -2.44. The van der Waals surface area contributed by atoms with Crippen molar-refractivity contribution in [2.45, 2.75) is 19.1 Å². The van der Waals surface area contributed by atoms with Crippen LogP contribution in [0.25, 0.3) is 0 Å². The average molecular weight is 249 g/mol. The molecule has 2 rings (SSSR count). The molecule has 0 spiro atoms. The minimum atomic E-state index is -1.17. The van der Waals surface area contributed by atoms with E-state index in [4.69, 9.17) is 9.94 Å². The van der Waals surface area contributed by atoms with E-state index in [1.54, 1.807) is 24.5 Å². The van der Waals surface area contributed by atoms with E-state index < -0.39 is 12.1 Å². The first-order valence-corrected chi connectivity index (χ1v) is 5.29. The third kappa shape index (κ3) is 2.82. The Bertz CT molecular complexity index is 486. The molecule has 0 radical (unpaired) electrons. The number of aromatic nitrogens is 1. The topological polar surface area (TPSA) is 101 Å². The predicted molar refractivity (Wildman–Crippen MR) is 60.6 cm³/mol. The number of rotatable bonds is 4. The zero-order valence-electron chi connectivity index (χ0n) is 9.37. The summed E-state index contributed by atoms with van der Waals surface area (Å²) in [6.07, 6.45) is 2.37. The maximum Gasteiger partial charge on any atom is 0.353 e. The number of hydrogen-bond donors (Lipinski definition) is 2. The number of pyridine rings is 1. The van der Waals surface area contributed by atoms with Gasteiger partial charge < -0.3 is 15.3 Å². The second kappa shape index (κ2) is 5.26. The SMILES string of the molecule is O=C(O)C1=NOC(C(=O)NCc2ccncc2)C1. The maximum absolute atomic E-state index is 11.7. The van der Waals surface area contributed by atoms with Crippen LogP contribution in [0.5, 0.6) is 0 Å². The van der Waals surface area contributed by atoms with E-state index in [1.165, 1.54) is 0 Å². The van der Waals surface area contributed by atoms with Gasteiger partial charge in [-0.3, -0.25) is 9.78 Å². The van der Waals surface area contributed by atoms with E-state index in [0.717, 1.165) is 5.56 Å². The number of carboxylic acid groups (broad SMARTS) is 1. The lowest BCUT2D eigenvalue weighted by molar-refractivity contribution is -0.131. The fourth-order valence-corrected chi connectivity index (χ4v) is 1.45. The summed E-state index contributed by atoms with van der Waals surface area (Å²) in [5.74, 6) is -1.55. The molecule has 1 atom stereocenters. The summed E-state index contributed by atoms with van der Waals surface area (Å²) in [7, 11) is 0. The monoisotopic (exact) mass is 249 g/mol. The van der Waals surface area contributed by atoms with Crippen LogP contribution in [-0.2, 0) is 21.0 Å². The second-order valence-corrected chi connectivity index (χ2v) is 3.71. The minimum Gasteiger partial charge on any atom is -0.477 e. The number of carbonyl (C=O) groups excluding carboxylic acids is 1. The van der Waals surface area contributed by atoms with Crippen LogP contribution in [0.2, 0.25) is 0 Å². The summed E-state index contributed by atoms with van der Waals surface area (Å²) in [4.78, 5) is 30.9. The van der Waals surface area contributed by atoms with Crippen molar-refractivity contribution in [2.75, 3.05) is 0 Å². The molecule has 2 N–H and O–H groups in total. The van der Waals surface area contributed by atoms with E-state index in [9.17, 15) is 9.59 Å². The molecule has 7 nitrogen and oxygen atoms in total. The highest BCUT2D eigenvalue weighted by atomic mass is 16.6. The zero-order valence-corrected chi connectivity index (χ0v) is 9.37. The van der Waals surface area contributed by atoms with Gasteiger partial charge in [0.1, 0.15) is 0 Å². The van der Waals surface area contributed by atoms with Gasteiger partial charge in [0, 0.05) is 25.4 Å². The van der Waals surface area contributed by atoms with E-state index in [2.05, 4.69) is 15.5 Å². The lowest BCUT2D eigenvalue weighted by atomic mass is 10.1. The largest absolute Gasteiger partial charge is 0.477 e. The summed E-state index contributed by atoms with van der Waals surface area (Å²) in [6, 6.07) is 3.55. The predicted octanol–water partition coefficient (Wildman–Crippen LogP) is -0.0727. The van der Waals surface area contributed by atoms with Crippen LogP contribution in [0.4, 0.5) is 0 Å². The molecule has 1 aromatic heterocycles. The molecule has 1 aliphatic rings. The molecule has 94 valence electrons. The number of oxime groups is 1. The summed E-state index contributed by atoms with van der Waals surface area (Å²) in [6.45, 7) is 0.337. The van der Waals surface area contributed by atoms with Crippen molar-refractivity contribution in [2.24, 2.45) is 5.16 Å². The normalized spacial score (nSPS) is 17.8. The molecule has 7 heteroatoms. The molecule has 1 unspecified atom stereocenters. The van der Waals surface area contributed by atoms with E-state index >= 15 is 0 Å². The molecular formula is C11H11N3O4. The van der Waals surface area contributed by atoms with Crippen molar-refractivity contribution in [3.05, 3.63) is 30.1 Å². The van der Waals surface area contributed by atoms with Gasteiger partial charge in [0.15, 0.2) is 5.71 Å². The highest BCUT2D eigenvalue weighted by molar-refractivity contribution is 6.36. The number of carbonyl (C=O) groups is 2. The highest BCUT2D eigenvalue weighted by Crippen LogP contribution is 2.11. The number of nitrogens with one attached hydrogen (secondary N) is 1. The second-order valence-electron chi connectivity index (χ2n) is 3.71. The third-order valence-electron chi connectivity index (χ3n) is 2.42. The van der Waals surface area contributed by atoms with Crippen LogP contribution in [0, 0.1) is 0 Å². The number of carboxylic acids is 1. The molecule has 1 amide bonds. The number of nitrogens with zero attached hydrogens (tertiary/aromatic N) is 2. The Morgan fingerprint density at radius 3 is 2.78 bits per heavy atom. The summed E-state index contributed by atoms with van der Waals surface area (Å²) < 4.78 is 0. The standard InChI is InChI=1S/C11H11N3O4/c15-10(9-5-8(11(16)17)14-18-9)13-6-7-1-3-12-4-2-7/h1-4,9H,5-6H2,(H,13,15)(H,16,17). The van der Waals surface area contributed by atoms with E-state index in [-0.39, 0.29) is 18.0 Å². The number of aliphatic carboxylic acids is 1. The van der Waals surface area contributed by atoms with E-state index in [0.29, 0.717) is 6.54 Å². The molecule has 0 aromatic carbocycles. The molecule has 1 aromatic rings. The van der Waals surface area contributed by atoms with Crippen LogP contribution in [0.15, 0.2) is 29.7 Å². The van der Waals surface area contributed by atoms with Crippen molar-refractivity contribution < 1.29 is 19.5 Å². The molecule has 18 heavy (non-hydrogen) atoms. The van der Waals surface area contributed by atoms with Crippen molar-refractivity contribution in [1.82, 2.24) is 10.3 Å². The zero-order chi connectivity index (χ0) is 13.0. The first-order valence-electron chi connectivity index (χ1n) is 5.29. The molecule has 0 saturated heterocycles. The van der Waals surface area contributed by atoms with Crippen molar-refractivity contribution >= 4 is 17.6 Å². The van der Waals surface area contributed by atoms with Crippen LogP contribution < -0.4 is 5.32 Å². The lowest BCUT2D eigenvalue weighted by Crippen LogP contribution is -2.34. The number of amides is 1. The van der Waals surface area contributed by atoms with Gasteiger partial charge in [-0.25, -0.2) is 4.79 Å². The van der Waals surface area contributed by atoms with Crippen LogP contribution in [0.3, 0.4) is 0 Å². The summed E-state index contributed by atoms with van der Waals surface area (Å²) in [5.41, 5.74) is 0.759. The molecule has 0 fully saturated rings. The van der Waals surface area contributed by atoms with Crippen molar-refractivity contribution in [3.8, 4) is 0 Å². The van der Waals surface area contributed by atoms with Gasteiger partial charge >= 0.3 is 5.97 Å². The Balaban J connectivity index is 1.82. The Labute approximate surface area is 102 Å². The third-order valence-corrected chi connectivity index (χ3v) is 2.42. The molecule has 2 heterocycles. The Kier molecular flexibility index (Phi) is 3.52. The van der Waals surface area contributed by atoms with Crippen LogP contribution >= 0.6 is 0 Å². The van der Waals surface area contributed by atoms with Gasteiger partial charge in [-0.1, -0.05) is 5.16 Å². The van der Waals surface area contributed by atoms with Crippen LogP contribution in [-0.4, -0.2) is 33.8 Å². The van der Waals surface area contributed by atoms with Gasteiger partial charge in [0.2, 0.25) is 6.10 Å². The minimum absolute atomic E-state index is 0.0164. The molecule has 0 bridgehead atoms. The molecule has 1 aliphatic heterocycles. The average Bonchev–Trinajstić information content (AvgIpc) is 2.87. The summed E-state index contributed by atoms with van der Waals surface area (Å²) >= 11 is 0. The first kappa shape index (κ1) is 12.0. The summed E-state index contributed by atoms with van der Waals surface area (Å²) in [5, 5.41) is 14.7. The Morgan fingerprint density at radius 2 is 2.17 bits per heavy atom. The quantitative estimate of drug-likeness (QED) is 0.777. The fraction of sp³-hybridized carbons (Fsp3) is 0.273. The molecular weight excluding hydrogens is 238 g/mol. The fourth-order valence-electron chi connectivity index (χ4n) is 1.45. The van der Waals surface area contributed by atoms with Crippen LogP contribution in [0.1, 0.15) is 12.0 Å². The lowest BCUT2D eigenvalue weighted by Gasteiger charge is -2.08. The van der Waals surface area contributed by atoms with Gasteiger partial charge in [-0.2, -0.15) is 0 Å². The molecule has 0 aliphatic carbocycles. The Morgan fingerprint density at radius 1 is 1.44 bits per heavy atom. The van der Waals surface area contributed by atoms with Crippen molar-refractivity contribution in [1.29, 1.82) is 0 Å². The highest BCUT2D eigenvalue weighted by Gasteiger charge is 2.31. The van der Waals surface area contributed by atoms with Gasteiger partial charge in [0.05, 0.1) is 0 Å². The van der Waals surface area contributed by atoms with Gasteiger partial charge in [-0.05, 0) is 17.7 Å². The van der Waals surface area contributed by atoms with Crippen molar-refractivity contribution in [3.63, 3.8) is 0 Å². The first-order chi connectivity index (χ1) is 8.66. The number of hydrogen-bond acceptors (Lipinski definition) is 5. The maximum atomic E-state index is 11.7. The van der Waals surface area contributed by atoms with E-state index in [1.807, 2.05) is 0 Å².